The third kappa shape index (κ3) is 5.23. The Hall–Kier alpha value is -2.60. The first kappa shape index (κ1) is 20.1. The largest absolute Gasteiger partial charge is 0.484 e. The smallest absolute Gasteiger partial charge is 0.277 e. The first-order valence-electron chi connectivity index (χ1n) is 9.38. The third-order valence-corrected chi connectivity index (χ3v) is 5.21. The monoisotopic (exact) mass is 396 g/mol. The molecule has 0 saturated carbocycles. The Balaban J connectivity index is 1.57. The summed E-state index contributed by atoms with van der Waals surface area (Å²) in [6.45, 7) is 6.35. The number of carbonyl (C=O) groups excluding carboxylic acids is 1. The molecular weight excluding hydrogens is 372 g/mol. The first-order valence-corrected chi connectivity index (χ1v) is 10.4. The van der Waals surface area contributed by atoms with Crippen LogP contribution in [0.5, 0.6) is 5.75 Å². The topological polar surface area (TPSA) is 65.2 Å². The lowest BCUT2D eigenvalue weighted by atomic mass is 9.98. The van der Waals surface area contributed by atoms with Crippen molar-refractivity contribution in [2.75, 3.05) is 5.75 Å². The van der Waals surface area contributed by atoms with Crippen LogP contribution < -0.4 is 4.74 Å². The Morgan fingerprint density at radius 3 is 2.71 bits per heavy atom. The van der Waals surface area contributed by atoms with E-state index in [0.29, 0.717) is 11.1 Å². The van der Waals surface area contributed by atoms with Crippen molar-refractivity contribution in [3.05, 3.63) is 70.6 Å². The fraction of sp³-hybridized carbons (Fsp3) is 0.318. The second kappa shape index (κ2) is 9.55. The highest BCUT2D eigenvalue weighted by Gasteiger charge is 2.15. The van der Waals surface area contributed by atoms with Crippen molar-refractivity contribution in [1.29, 1.82) is 0 Å². The average Bonchev–Trinajstić information content (AvgIpc) is 3.18. The van der Waals surface area contributed by atoms with Crippen LogP contribution in [0, 0.1) is 6.92 Å². The molecule has 0 fully saturated rings. The molecule has 6 heteroatoms. The first-order chi connectivity index (χ1) is 13.6. The van der Waals surface area contributed by atoms with Gasteiger partial charge in [0.1, 0.15) is 5.75 Å². The maximum Gasteiger partial charge on any atom is 0.277 e. The van der Waals surface area contributed by atoms with Crippen molar-refractivity contribution in [1.82, 2.24) is 10.2 Å². The number of aryl methyl sites for hydroxylation is 3. The van der Waals surface area contributed by atoms with E-state index < -0.39 is 0 Å². The molecule has 0 spiro atoms. The normalized spacial score (nSPS) is 10.8. The summed E-state index contributed by atoms with van der Waals surface area (Å²) in [5, 5.41) is 8.37. The molecule has 5 nitrogen and oxygen atoms in total. The van der Waals surface area contributed by atoms with Crippen molar-refractivity contribution >= 4 is 17.5 Å². The van der Waals surface area contributed by atoms with E-state index in [1.165, 1.54) is 17.3 Å². The number of aromatic nitrogens is 2. The van der Waals surface area contributed by atoms with Crippen LogP contribution in [0.25, 0.3) is 0 Å². The number of thioether (sulfide) groups is 1. The van der Waals surface area contributed by atoms with Crippen LogP contribution in [0.15, 0.2) is 52.1 Å². The molecule has 3 rings (SSSR count). The van der Waals surface area contributed by atoms with Crippen LogP contribution in [0.2, 0.25) is 0 Å². The number of ketones is 1. The maximum absolute atomic E-state index is 12.7. The minimum atomic E-state index is 0.0768. The molecule has 1 heterocycles. The van der Waals surface area contributed by atoms with E-state index in [1.54, 1.807) is 0 Å². The van der Waals surface area contributed by atoms with Gasteiger partial charge in [0.05, 0.1) is 5.75 Å². The Labute approximate surface area is 169 Å². The molecule has 28 heavy (non-hydrogen) atoms. The van der Waals surface area contributed by atoms with E-state index in [9.17, 15) is 4.79 Å². The van der Waals surface area contributed by atoms with E-state index >= 15 is 0 Å². The zero-order chi connectivity index (χ0) is 19.9. The minimum absolute atomic E-state index is 0.0768. The fourth-order valence-corrected chi connectivity index (χ4v) is 3.49. The number of rotatable bonds is 9. The molecule has 0 saturated heterocycles. The van der Waals surface area contributed by atoms with Crippen LogP contribution in [0.3, 0.4) is 0 Å². The Bertz CT molecular complexity index is 952. The van der Waals surface area contributed by atoms with Gasteiger partial charge in [-0.1, -0.05) is 49.9 Å². The van der Waals surface area contributed by atoms with Gasteiger partial charge in [0.15, 0.2) is 12.4 Å². The van der Waals surface area contributed by atoms with Crippen molar-refractivity contribution in [2.45, 2.75) is 45.4 Å². The van der Waals surface area contributed by atoms with Crippen LogP contribution in [0.4, 0.5) is 0 Å². The lowest BCUT2D eigenvalue weighted by Crippen LogP contribution is -2.07. The number of hydrogen-bond donors (Lipinski definition) is 0. The fourth-order valence-electron chi connectivity index (χ4n) is 2.82. The Morgan fingerprint density at radius 2 is 1.96 bits per heavy atom. The number of Topliss-reactive ketones (excluding diaryl/α,β-unsaturated/α-hetero) is 1. The molecule has 2 aromatic carbocycles. The molecule has 0 aliphatic rings. The molecular formula is C22H24N2O3S. The van der Waals surface area contributed by atoms with Gasteiger partial charge in [-0.15, -0.1) is 10.2 Å². The molecule has 0 N–H and O–H groups in total. The van der Waals surface area contributed by atoms with Gasteiger partial charge in [0.2, 0.25) is 0 Å². The van der Waals surface area contributed by atoms with Gasteiger partial charge < -0.3 is 9.15 Å². The van der Waals surface area contributed by atoms with Crippen molar-refractivity contribution in [3.8, 4) is 5.75 Å². The second-order valence-electron chi connectivity index (χ2n) is 6.48. The van der Waals surface area contributed by atoms with Crippen molar-refractivity contribution in [2.24, 2.45) is 0 Å². The summed E-state index contributed by atoms with van der Waals surface area (Å²) in [5.41, 5.74) is 4.15. The van der Waals surface area contributed by atoms with Crippen LogP contribution >= 0.6 is 11.8 Å². The van der Waals surface area contributed by atoms with Crippen LogP contribution in [0.1, 0.15) is 46.8 Å². The van der Waals surface area contributed by atoms with Gasteiger partial charge >= 0.3 is 0 Å². The summed E-state index contributed by atoms with van der Waals surface area (Å²) >= 11 is 1.26. The summed E-state index contributed by atoms with van der Waals surface area (Å²) in [4.78, 5) is 12.7. The molecule has 3 aromatic rings. The quantitative estimate of drug-likeness (QED) is 0.372. The molecule has 0 bridgehead atoms. The van der Waals surface area contributed by atoms with Gasteiger partial charge in [-0.05, 0) is 54.7 Å². The lowest BCUT2D eigenvalue weighted by molar-refractivity contribution is 0.102. The van der Waals surface area contributed by atoms with Crippen molar-refractivity contribution < 1.29 is 13.9 Å². The lowest BCUT2D eigenvalue weighted by Gasteiger charge is -2.08. The summed E-state index contributed by atoms with van der Waals surface area (Å²) < 4.78 is 11.3. The number of nitrogens with zero attached hydrogens (tertiary/aromatic N) is 2. The summed E-state index contributed by atoms with van der Waals surface area (Å²) in [6, 6.07) is 13.9. The number of hydrogen-bond acceptors (Lipinski definition) is 6. The average molecular weight is 397 g/mol. The van der Waals surface area contributed by atoms with E-state index in [4.69, 9.17) is 9.15 Å². The van der Waals surface area contributed by atoms with E-state index in [0.717, 1.165) is 35.3 Å². The second-order valence-corrected chi connectivity index (χ2v) is 7.40. The number of benzene rings is 2. The number of carbonyl (C=O) groups is 1. The van der Waals surface area contributed by atoms with E-state index in [1.807, 2.05) is 43.3 Å². The van der Waals surface area contributed by atoms with Crippen molar-refractivity contribution in [3.63, 3.8) is 0 Å². The summed E-state index contributed by atoms with van der Waals surface area (Å²) in [5.74, 6) is 1.48. The number of ether oxygens (including phenoxy) is 1. The van der Waals surface area contributed by atoms with Crippen LogP contribution in [-0.4, -0.2) is 21.7 Å². The highest BCUT2D eigenvalue weighted by molar-refractivity contribution is 7.99. The molecule has 0 aliphatic carbocycles. The highest BCUT2D eigenvalue weighted by Crippen LogP contribution is 2.21. The predicted octanol–water partition coefficient (Wildman–Crippen LogP) is 5.06. The van der Waals surface area contributed by atoms with Gasteiger partial charge in [0.25, 0.3) is 11.1 Å². The summed E-state index contributed by atoms with van der Waals surface area (Å²) in [7, 11) is 0. The highest BCUT2D eigenvalue weighted by atomic mass is 32.2. The molecule has 0 radical (unpaired) electrons. The SMILES string of the molecule is CCc1ccc(CC)c(C(=O)CSc2nnc(COc3cccc(C)c3)o2)c1. The van der Waals surface area contributed by atoms with Gasteiger partial charge in [-0.3, -0.25) is 4.79 Å². The molecule has 146 valence electrons. The van der Waals surface area contributed by atoms with Crippen LogP contribution in [-0.2, 0) is 19.4 Å². The molecule has 0 aliphatic heterocycles. The standard InChI is InChI=1S/C22H24N2O3S/c1-4-16-9-10-17(5-2)19(12-16)20(25)14-28-22-24-23-21(27-22)13-26-18-8-6-7-15(3)11-18/h6-12H,4-5,13-14H2,1-3H3. The Morgan fingerprint density at radius 1 is 1.11 bits per heavy atom. The zero-order valence-corrected chi connectivity index (χ0v) is 17.2. The third-order valence-electron chi connectivity index (χ3n) is 4.39. The summed E-state index contributed by atoms with van der Waals surface area (Å²) in [6.07, 6.45) is 1.74. The molecule has 1 aromatic heterocycles. The van der Waals surface area contributed by atoms with Gasteiger partial charge in [-0.2, -0.15) is 0 Å². The minimum Gasteiger partial charge on any atom is -0.484 e. The Kier molecular flexibility index (Phi) is 6.87. The predicted molar refractivity (Wildman–Crippen MR) is 110 cm³/mol. The molecule has 0 atom stereocenters. The van der Waals surface area contributed by atoms with E-state index in [-0.39, 0.29) is 18.1 Å². The van der Waals surface area contributed by atoms with E-state index in [2.05, 4.69) is 30.1 Å². The zero-order valence-electron chi connectivity index (χ0n) is 16.4. The molecule has 0 unspecified atom stereocenters. The maximum atomic E-state index is 12.7. The van der Waals surface area contributed by atoms with Gasteiger partial charge in [0, 0.05) is 5.56 Å². The van der Waals surface area contributed by atoms with Gasteiger partial charge in [-0.25, -0.2) is 0 Å². The molecule has 0 amide bonds.